The average molecular weight is 326 g/mol. The molecule has 1 aromatic carbocycles. The minimum absolute atomic E-state index is 0.474. The molecule has 0 saturated heterocycles. The fourth-order valence-corrected chi connectivity index (χ4v) is 3.20. The lowest BCUT2D eigenvalue weighted by molar-refractivity contribution is 0.356. The normalized spacial score (nSPS) is 14.3. The molecule has 0 aliphatic carbocycles. The summed E-state index contributed by atoms with van der Waals surface area (Å²) < 4.78 is 1.23. The number of hydrogen-bond acceptors (Lipinski definition) is 1. The molecule has 0 saturated carbocycles. The molecule has 19 heavy (non-hydrogen) atoms. The van der Waals surface area contributed by atoms with Crippen LogP contribution >= 0.6 is 15.9 Å². The van der Waals surface area contributed by atoms with Gasteiger partial charge in [-0.3, -0.25) is 0 Å². The van der Waals surface area contributed by atoms with Gasteiger partial charge in [0.1, 0.15) is 0 Å². The first-order valence-corrected chi connectivity index (χ1v) is 8.49. The first-order chi connectivity index (χ1) is 9.22. The molecule has 1 rings (SSSR count). The van der Waals surface area contributed by atoms with Crippen LogP contribution in [0.25, 0.3) is 0 Å². The summed E-state index contributed by atoms with van der Waals surface area (Å²) in [6, 6.07) is 9.08. The average Bonchev–Trinajstić information content (AvgIpc) is 2.43. The Balaban J connectivity index is 2.74. The van der Waals surface area contributed by atoms with E-state index in [0.717, 1.165) is 12.5 Å². The van der Waals surface area contributed by atoms with Crippen LogP contribution in [0.1, 0.15) is 64.5 Å². The van der Waals surface area contributed by atoms with Crippen LogP contribution in [0.5, 0.6) is 0 Å². The van der Waals surface area contributed by atoms with Crippen molar-refractivity contribution >= 4 is 15.9 Å². The van der Waals surface area contributed by atoms with Crippen LogP contribution in [0.2, 0.25) is 0 Å². The zero-order valence-electron chi connectivity index (χ0n) is 12.6. The largest absolute Gasteiger partial charge is 0.310 e. The minimum atomic E-state index is 0.474. The summed E-state index contributed by atoms with van der Waals surface area (Å²) in [6.07, 6.45) is 6.55. The second kappa shape index (κ2) is 9.55. The smallest absolute Gasteiger partial charge is 0.0333 e. The van der Waals surface area contributed by atoms with Crippen molar-refractivity contribution in [2.24, 2.45) is 5.92 Å². The molecule has 2 unspecified atom stereocenters. The molecule has 0 aliphatic heterocycles. The Kier molecular flexibility index (Phi) is 8.40. The summed E-state index contributed by atoms with van der Waals surface area (Å²) in [5.41, 5.74) is 1.40. The molecule has 1 nitrogen and oxygen atoms in total. The molecule has 0 spiro atoms. The van der Waals surface area contributed by atoms with Gasteiger partial charge in [0.25, 0.3) is 0 Å². The summed E-state index contributed by atoms with van der Waals surface area (Å²) in [7, 11) is 0. The number of unbranched alkanes of at least 4 members (excludes halogenated alkanes) is 1. The minimum Gasteiger partial charge on any atom is -0.310 e. The van der Waals surface area contributed by atoms with Crippen molar-refractivity contribution in [3.05, 3.63) is 34.3 Å². The number of halogens is 1. The molecule has 0 heterocycles. The third-order valence-electron chi connectivity index (χ3n) is 3.84. The van der Waals surface area contributed by atoms with E-state index < -0.39 is 0 Å². The molecule has 0 fully saturated rings. The molecule has 1 aromatic rings. The van der Waals surface area contributed by atoms with E-state index in [1.807, 2.05) is 0 Å². The lowest BCUT2D eigenvalue weighted by Crippen LogP contribution is -2.24. The molecular weight excluding hydrogens is 298 g/mol. The fourth-order valence-electron chi connectivity index (χ4n) is 2.64. The Labute approximate surface area is 127 Å². The Hall–Kier alpha value is -0.340. The lowest BCUT2D eigenvalue weighted by atomic mass is 9.89. The maximum Gasteiger partial charge on any atom is 0.0333 e. The summed E-state index contributed by atoms with van der Waals surface area (Å²) in [4.78, 5) is 0. The van der Waals surface area contributed by atoms with Gasteiger partial charge in [-0.2, -0.15) is 0 Å². The van der Waals surface area contributed by atoms with Crippen LogP contribution in [0, 0.1) is 5.92 Å². The second-order valence-electron chi connectivity index (χ2n) is 5.28. The van der Waals surface area contributed by atoms with E-state index in [9.17, 15) is 0 Å². The number of nitrogens with one attached hydrogen (secondary N) is 1. The van der Waals surface area contributed by atoms with Crippen molar-refractivity contribution in [1.29, 1.82) is 0 Å². The number of hydrogen-bond donors (Lipinski definition) is 1. The molecule has 0 amide bonds. The Bertz CT molecular complexity index is 351. The SMILES string of the molecule is CCCCC(CC)CC(NCC)c1ccccc1Br. The number of rotatable bonds is 9. The van der Waals surface area contributed by atoms with E-state index in [-0.39, 0.29) is 0 Å². The van der Waals surface area contributed by atoms with Crippen LogP contribution < -0.4 is 5.32 Å². The van der Waals surface area contributed by atoms with Gasteiger partial charge in [-0.1, -0.05) is 80.6 Å². The Morgan fingerprint density at radius 3 is 2.47 bits per heavy atom. The monoisotopic (exact) mass is 325 g/mol. The molecule has 0 aliphatic rings. The Morgan fingerprint density at radius 1 is 1.16 bits per heavy atom. The highest BCUT2D eigenvalue weighted by atomic mass is 79.9. The summed E-state index contributed by atoms with van der Waals surface area (Å²) >= 11 is 3.69. The predicted octanol–water partition coefficient (Wildman–Crippen LogP) is 5.71. The molecule has 0 bridgehead atoms. The van der Waals surface area contributed by atoms with Gasteiger partial charge in [0.15, 0.2) is 0 Å². The van der Waals surface area contributed by atoms with Crippen LogP contribution in [-0.4, -0.2) is 6.54 Å². The van der Waals surface area contributed by atoms with E-state index in [4.69, 9.17) is 0 Å². The molecule has 108 valence electrons. The molecule has 2 atom stereocenters. The molecule has 1 N–H and O–H groups in total. The van der Waals surface area contributed by atoms with Gasteiger partial charge < -0.3 is 5.32 Å². The van der Waals surface area contributed by atoms with E-state index >= 15 is 0 Å². The zero-order chi connectivity index (χ0) is 14.1. The van der Waals surface area contributed by atoms with Gasteiger partial charge in [-0.05, 0) is 30.5 Å². The van der Waals surface area contributed by atoms with Gasteiger partial charge in [-0.25, -0.2) is 0 Å². The topological polar surface area (TPSA) is 12.0 Å². The third kappa shape index (κ3) is 5.66. The quantitative estimate of drug-likeness (QED) is 0.613. The van der Waals surface area contributed by atoms with Gasteiger partial charge >= 0.3 is 0 Å². The summed E-state index contributed by atoms with van der Waals surface area (Å²) in [6.45, 7) is 7.82. The first kappa shape index (κ1) is 16.7. The highest BCUT2D eigenvalue weighted by Crippen LogP contribution is 2.30. The molecule has 0 radical (unpaired) electrons. The van der Waals surface area contributed by atoms with Crippen molar-refractivity contribution in [2.45, 2.75) is 58.9 Å². The molecule has 2 heteroatoms. The van der Waals surface area contributed by atoms with Crippen molar-refractivity contribution < 1.29 is 0 Å². The lowest BCUT2D eigenvalue weighted by Gasteiger charge is -2.25. The Morgan fingerprint density at radius 2 is 1.89 bits per heavy atom. The van der Waals surface area contributed by atoms with Gasteiger partial charge in [0.05, 0.1) is 0 Å². The van der Waals surface area contributed by atoms with Crippen molar-refractivity contribution in [1.82, 2.24) is 5.32 Å². The van der Waals surface area contributed by atoms with Gasteiger partial charge in [0.2, 0.25) is 0 Å². The maximum absolute atomic E-state index is 3.69. The van der Waals surface area contributed by atoms with Crippen LogP contribution in [0.15, 0.2) is 28.7 Å². The standard InChI is InChI=1S/C17H28BrN/c1-4-7-10-14(5-2)13-17(19-6-3)15-11-8-9-12-16(15)18/h8-9,11-12,14,17,19H,4-7,10,13H2,1-3H3. The molecule has 0 aromatic heterocycles. The highest BCUT2D eigenvalue weighted by molar-refractivity contribution is 9.10. The van der Waals surface area contributed by atoms with Crippen molar-refractivity contribution in [2.75, 3.05) is 6.54 Å². The van der Waals surface area contributed by atoms with E-state index in [2.05, 4.69) is 66.3 Å². The summed E-state index contributed by atoms with van der Waals surface area (Å²) in [5, 5.41) is 3.65. The summed E-state index contributed by atoms with van der Waals surface area (Å²) in [5.74, 6) is 0.830. The predicted molar refractivity (Wildman–Crippen MR) is 88.5 cm³/mol. The number of benzene rings is 1. The van der Waals surface area contributed by atoms with Gasteiger partial charge in [-0.15, -0.1) is 0 Å². The van der Waals surface area contributed by atoms with Crippen LogP contribution in [-0.2, 0) is 0 Å². The van der Waals surface area contributed by atoms with E-state index in [1.54, 1.807) is 0 Å². The molecular formula is C17H28BrN. The fraction of sp³-hybridized carbons (Fsp3) is 0.647. The maximum atomic E-state index is 3.69. The second-order valence-corrected chi connectivity index (χ2v) is 6.14. The van der Waals surface area contributed by atoms with Crippen LogP contribution in [0.3, 0.4) is 0 Å². The first-order valence-electron chi connectivity index (χ1n) is 7.70. The van der Waals surface area contributed by atoms with Crippen molar-refractivity contribution in [3.63, 3.8) is 0 Å². The third-order valence-corrected chi connectivity index (χ3v) is 4.57. The zero-order valence-corrected chi connectivity index (χ0v) is 14.2. The highest BCUT2D eigenvalue weighted by Gasteiger charge is 2.17. The van der Waals surface area contributed by atoms with Crippen molar-refractivity contribution in [3.8, 4) is 0 Å². The van der Waals surface area contributed by atoms with E-state index in [1.165, 1.54) is 42.1 Å². The van der Waals surface area contributed by atoms with Crippen LogP contribution in [0.4, 0.5) is 0 Å². The van der Waals surface area contributed by atoms with Gasteiger partial charge in [0, 0.05) is 10.5 Å². The van der Waals surface area contributed by atoms with E-state index in [0.29, 0.717) is 6.04 Å².